The highest BCUT2D eigenvalue weighted by atomic mass is 35.5. The molecule has 0 spiro atoms. The van der Waals surface area contributed by atoms with Crippen LogP contribution in [0.25, 0.3) is 16.7 Å². The molecule has 0 saturated carbocycles. The molecule has 0 aliphatic carbocycles. The quantitative estimate of drug-likeness (QED) is 0.362. The van der Waals surface area contributed by atoms with Crippen molar-refractivity contribution in [2.75, 3.05) is 0 Å². The monoisotopic (exact) mass is 435 g/mol. The van der Waals surface area contributed by atoms with Gasteiger partial charge in [-0.3, -0.25) is 0 Å². The third kappa shape index (κ3) is 4.82. The van der Waals surface area contributed by atoms with Crippen LogP contribution in [0.3, 0.4) is 0 Å². The van der Waals surface area contributed by atoms with Crippen LogP contribution in [-0.2, 0) is 17.6 Å². The van der Waals surface area contributed by atoms with Crippen LogP contribution in [0.2, 0.25) is 10.0 Å². The van der Waals surface area contributed by atoms with Gasteiger partial charge in [-0.1, -0.05) is 37.0 Å². The summed E-state index contributed by atoms with van der Waals surface area (Å²) in [7, 11) is 0. The van der Waals surface area contributed by atoms with E-state index in [1.54, 1.807) is 26.8 Å². The van der Waals surface area contributed by atoms with Crippen molar-refractivity contribution in [3.05, 3.63) is 45.4 Å². The molecule has 1 heterocycles. The maximum absolute atomic E-state index is 12.2. The molecule has 0 saturated heterocycles. The first-order valence-electron chi connectivity index (χ1n) is 9.40. The molecule has 8 heteroatoms. The minimum Gasteiger partial charge on any atom is -0.428 e. The lowest BCUT2D eigenvalue weighted by Crippen LogP contribution is -2.26. The summed E-state index contributed by atoms with van der Waals surface area (Å²) in [5.41, 5.74) is 3.51. The Morgan fingerprint density at radius 1 is 1.00 bits per heavy atom. The zero-order chi connectivity index (χ0) is 21.3. The lowest BCUT2D eigenvalue weighted by molar-refractivity contribution is 0.0206. The summed E-state index contributed by atoms with van der Waals surface area (Å²) in [5.74, 6) is 0.114. The Morgan fingerprint density at radius 3 is 2.03 bits per heavy atom. The van der Waals surface area contributed by atoms with Crippen molar-refractivity contribution < 1.29 is 14.3 Å². The van der Waals surface area contributed by atoms with Gasteiger partial charge in [0.15, 0.2) is 5.75 Å². The van der Waals surface area contributed by atoms with Gasteiger partial charge in [0.25, 0.3) is 0 Å². The van der Waals surface area contributed by atoms with Crippen molar-refractivity contribution in [1.82, 2.24) is 15.0 Å². The van der Waals surface area contributed by atoms with Crippen LogP contribution in [0.4, 0.5) is 4.79 Å². The average Bonchev–Trinajstić information content (AvgIpc) is 3.00. The number of halogens is 2. The second kappa shape index (κ2) is 8.20. The molecule has 154 valence electrons. The van der Waals surface area contributed by atoms with Crippen molar-refractivity contribution in [2.24, 2.45) is 0 Å². The van der Waals surface area contributed by atoms with Gasteiger partial charge < -0.3 is 9.47 Å². The van der Waals surface area contributed by atoms with Gasteiger partial charge >= 0.3 is 6.16 Å². The normalized spacial score (nSPS) is 11.7. The number of carbonyl (C=O) groups is 1. The fourth-order valence-corrected chi connectivity index (χ4v) is 3.53. The summed E-state index contributed by atoms with van der Waals surface area (Å²) in [6.45, 7) is 9.46. The molecule has 0 aliphatic rings. The molecule has 3 rings (SSSR count). The lowest BCUT2D eigenvalue weighted by atomic mass is 10.0. The highest BCUT2D eigenvalue weighted by Crippen LogP contribution is 2.34. The summed E-state index contributed by atoms with van der Waals surface area (Å²) >= 11 is 12.5. The topological polar surface area (TPSA) is 66.2 Å². The number of fused-ring (bicyclic) bond motifs is 1. The highest BCUT2D eigenvalue weighted by molar-refractivity contribution is 6.36. The standard InChI is InChI=1S/C21H23Cl2N3O3/c1-6-12-8-16-17(9-13(12)7-2)25-26(24-16)19-15(23)10-14(22)11-18(19)28-20(27)29-21(3,4)5/h8-11H,6-7H2,1-5H3. The molecular weight excluding hydrogens is 413 g/mol. The van der Waals surface area contributed by atoms with E-state index in [9.17, 15) is 4.79 Å². The van der Waals surface area contributed by atoms with Gasteiger partial charge in [0.1, 0.15) is 22.3 Å². The van der Waals surface area contributed by atoms with Gasteiger partial charge in [-0.05, 0) is 62.9 Å². The Hall–Kier alpha value is -2.31. The average molecular weight is 436 g/mol. The SMILES string of the molecule is CCc1cc2nn(-c3c(Cl)cc(Cl)cc3OC(=O)OC(C)(C)C)nc2cc1CC. The molecular formula is C21H23Cl2N3O3. The number of rotatable bonds is 4. The molecule has 0 radical (unpaired) electrons. The van der Waals surface area contributed by atoms with Gasteiger partial charge in [-0.15, -0.1) is 15.0 Å². The molecule has 0 N–H and O–H groups in total. The zero-order valence-electron chi connectivity index (χ0n) is 17.0. The molecule has 0 unspecified atom stereocenters. The maximum Gasteiger partial charge on any atom is 0.514 e. The van der Waals surface area contributed by atoms with Crippen molar-refractivity contribution >= 4 is 40.4 Å². The number of hydrogen-bond acceptors (Lipinski definition) is 5. The van der Waals surface area contributed by atoms with E-state index in [2.05, 4.69) is 24.0 Å². The predicted molar refractivity (Wildman–Crippen MR) is 115 cm³/mol. The van der Waals surface area contributed by atoms with Gasteiger partial charge in [0.2, 0.25) is 0 Å². The van der Waals surface area contributed by atoms with Crippen LogP contribution in [-0.4, -0.2) is 26.8 Å². The molecule has 1 aromatic heterocycles. The van der Waals surface area contributed by atoms with Crippen LogP contribution < -0.4 is 4.74 Å². The van der Waals surface area contributed by atoms with Crippen LogP contribution in [0.5, 0.6) is 5.75 Å². The lowest BCUT2D eigenvalue weighted by Gasteiger charge is -2.19. The number of ether oxygens (including phenoxy) is 2. The maximum atomic E-state index is 12.2. The molecule has 0 atom stereocenters. The molecule has 29 heavy (non-hydrogen) atoms. The van der Waals surface area contributed by atoms with Crippen LogP contribution in [0.1, 0.15) is 45.7 Å². The summed E-state index contributed by atoms with van der Waals surface area (Å²) in [6.07, 6.45) is 0.941. The third-order valence-electron chi connectivity index (χ3n) is 4.24. The molecule has 2 aromatic carbocycles. The first kappa shape index (κ1) is 21.4. The first-order chi connectivity index (χ1) is 13.6. The van der Waals surface area contributed by atoms with Gasteiger partial charge in [0.05, 0.1) is 5.02 Å². The molecule has 0 amide bonds. The van der Waals surface area contributed by atoms with E-state index in [1.165, 1.54) is 22.0 Å². The second-order valence-electron chi connectivity index (χ2n) is 7.61. The molecule has 0 fully saturated rings. The highest BCUT2D eigenvalue weighted by Gasteiger charge is 2.23. The second-order valence-corrected chi connectivity index (χ2v) is 8.45. The van der Waals surface area contributed by atoms with E-state index in [0.717, 1.165) is 23.9 Å². The number of aromatic nitrogens is 3. The number of carbonyl (C=O) groups excluding carboxylic acids is 1. The van der Waals surface area contributed by atoms with Crippen molar-refractivity contribution in [2.45, 2.75) is 53.1 Å². The first-order valence-corrected chi connectivity index (χ1v) is 10.2. The number of aryl methyl sites for hydroxylation is 2. The van der Waals surface area contributed by atoms with E-state index in [4.69, 9.17) is 32.7 Å². The zero-order valence-corrected chi connectivity index (χ0v) is 18.6. The number of nitrogens with zero attached hydrogens (tertiary/aromatic N) is 3. The summed E-state index contributed by atoms with van der Waals surface area (Å²) in [6, 6.07) is 7.07. The summed E-state index contributed by atoms with van der Waals surface area (Å²) < 4.78 is 10.6. The van der Waals surface area contributed by atoms with E-state index in [0.29, 0.717) is 10.7 Å². The van der Waals surface area contributed by atoms with E-state index in [1.807, 2.05) is 12.1 Å². The predicted octanol–water partition coefficient (Wildman–Crippen LogP) is 6.17. The van der Waals surface area contributed by atoms with Crippen LogP contribution >= 0.6 is 23.2 Å². The van der Waals surface area contributed by atoms with Gasteiger partial charge in [-0.25, -0.2) is 4.79 Å². The molecule has 0 aliphatic heterocycles. The summed E-state index contributed by atoms with van der Waals surface area (Å²) in [4.78, 5) is 13.6. The Balaban J connectivity index is 2.09. The van der Waals surface area contributed by atoms with Crippen LogP contribution in [0, 0.1) is 0 Å². The van der Waals surface area contributed by atoms with Gasteiger partial charge in [-0.2, -0.15) is 0 Å². The van der Waals surface area contributed by atoms with Crippen LogP contribution in [0.15, 0.2) is 24.3 Å². The Morgan fingerprint density at radius 2 is 1.55 bits per heavy atom. The van der Waals surface area contributed by atoms with Gasteiger partial charge in [0, 0.05) is 11.1 Å². The summed E-state index contributed by atoms with van der Waals surface area (Å²) in [5, 5.41) is 9.66. The molecule has 6 nitrogen and oxygen atoms in total. The van der Waals surface area contributed by atoms with Crippen molar-refractivity contribution in [1.29, 1.82) is 0 Å². The fourth-order valence-electron chi connectivity index (χ4n) is 2.98. The van der Waals surface area contributed by atoms with E-state index in [-0.39, 0.29) is 10.8 Å². The van der Waals surface area contributed by atoms with E-state index < -0.39 is 11.8 Å². The van der Waals surface area contributed by atoms with Crippen molar-refractivity contribution in [3.63, 3.8) is 0 Å². The van der Waals surface area contributed by atoms with Crippen molar-refractivity contribution in [3.8, 4) is 11.4 Å². The Labute approximate surface area is 179 Å². The molecule has 0 bridgehead atoms. The minimum atomic E-state index is -0.865. The number of hydrogen-bond donors (Lipinski definition) is 0. The number of benzene rings is 2. The Bertz CT molecular complexity index is 1030. The largest absolute Gasteiger partial charge is 0.514 e. The fraction of sp³-hybridized carbons (Fsp3) is 0.381. The smallest absolute Gasteiger partial charge is 0.428 e. The molecule has 3 aromatic rings. The third-order valence-corrected chi connectivity index (χ3v) is 4.75. The van der Waals surface area contributed by atoms with E-state index >= 15 is 0 Å². The Kier molecular flexibility index (Phi) is 6.05. The minimum absolute atomic E-state index is 0.114.